The van der Waals surface area contributed by atoms with E-state index in [2.05, 4.69) is 22.1 Å². The van der Waals surface area contributed by atoms with Crippen LogP contribution in [0.25, 0.3) is 16.7 Å². The normalized spacial score (nSPS) is 16.5. The first-order valence-corrected chi connectivity index (χ1v) is 11.6. The fourth-order valence-corrected chi connectivity index (χ4v) is 4.80. The van der Waals surface area contributed by atoms with Crippen molar-refractivity contribution in [3.8, 4) is 16.9 Å². The summed E-state index contributed by atoms with van der Waals surface area (Å²) >= 11 is 0. The first kappa shape index (κ1) is 22.4. The van der Waals surface area contributed by atoms with Gasteiger partial charge in [-0.3, -0.25) is 4.79 Å². The topological polar surface area (TPSA) is 72.3 Å². The maximum atomic E-state index is 14.4. The monoisotopic (exact) mass is 458 g/mol. The number of carbonyl (C=O) groups excluding carboxylic acids is 1. The maximum absolute atomic E-state index is 14.4. The summed E-state index contributed by atoms with van der Waals surface area (Å²) in [6.07, 6.45) is 9.04. The number of halogens is 1. The second-order valence-electron chi connectivity index (χ2n) is 9.28. The molecule has 1 atom stereocenters. The largest absolute Gasteiger partial charge is 0.497 e. The summed E-state index contributed by atoms with van der Waals surface area (Å²) in [5, 5.41) is 9.23. The van der Waals surface area contributed by atoms with Crippen LogP contribution in [0, 0.1) is 11.7 Å². The van der Waals surface area contributed by atoms with Crippen molar-refractivity contribution < 1.29 is 19.0 Å². The number of allylic oxidation sites excluding steroid dienone is 1. The van der Waals surface area contributed by atoms with E-state index in [1.54, 1.807) is 31.6 Å². The fourth-order valence-electron chi connectivity index (χ4n) is 4.80. The van der Waals surface area contributed by atoms with Crippen LogP contribution in [0.3, 0.4) is 0 Å². The minimum atomic E-state index is -0.366. The van der Waals surface area contributed by atoms with Gasteiger partial charge in [-0.2, -0.15) is 0 Å². The van der Waals surface area contributed by atoms with Gasteiger partial charge in [-0.05, 0) is 66.5 Å². The molecular formula is C28H27FN2O3. The van der Waals surface area contributed by atoms with Crippen LogP contribution >= 0.6 is 0 Å². The van der Waals surface area contributed by atoms with Crippen molar-refractivity contribution in [3.63, 3.8) is 0 Å². The van der Waals surface area contributed by atoms with Gasteiger partial charge in [0.15, 0.2) is 11.6 Å². The van der Waals surface area contributed by atoms with Crippen LogP contribution in [0.1, 0.15) is 59.9 Å². The number of ether oxygens (including phenoxy) is 1. The average molecular weight is 459 g/mol. The van der Waals surface area contributed by atoms with Crippen LogP contribution in [0.2, 0.25) is 0 Å². The van der Waals surface area contributed by atoms with Gasteiger partial charge in [0.05, 0.1) is 7.11 Å². The van der Waals surface area contributed by atoms with Crippen LogP contribution in [0.5, 0.6) is 5.75 Å². The molecule has 2 aromatic carbocycles. The molecule has 174 valence electrons. The second kappa shape index (κ2) is 8.76. The van der Waals surface area contributed by atoms with Gasteiger partial charge in [-0.25, -0.2) is 14.4 Å². The minimum absolute atomic E-state index is 0.0137. The lowest BCUT2D eigenvalue weighted by Gasteiger charge is -2.26. The maximum Gasteiger partial charge on any atom is 0.165 e. The second-order valence-corrected chi connectivity index (χ2v) is 9.28. The highest BCUT2D eigenvalue weighted by Gasteiger charge is 2.47. The highest BCUT2D eigenvalue weighted by atomic mass is 19.1. The lowest BCUT2D eigenvalue weighted by molar-refractivity contribution is 0.0908. The van der Waals surface area contributed by atoms with E-state index in [0.29, 0.717) is 34.7 Å². The molecular weight excluding hydrogens is 431 g/mol. The van der Waals surface area contributed by atoms with E-state index in [-0.39, 0.29) is 29.5 Å². The van der Waals surface area contributed by atoms with Gasteiger partial charge >= 0.3 is 0 Å². The summed E-state index contributed by atoms with van der Waals surface area (Å²) in [4.78, 5) is 22.1. The van der Waals surface area contributed by atoms with Crippen molar-refractivity contribution in [1.82, 2.24) is 9.97 Å². The van der Waals surface area contributed by atoms with Crippen molar-refractivity contribution in [1.29, 1.82) is 0 Å². The van der Waals surface area contributed by atoms with Gasteiger partial charge in [-0.15, -0.1) is 0 Å². The van der Waals surface area contributed by atoms with Crippen LogP contribution < -0.4 is 4.74 Å². The van der Waals surface area contributed by atoms with Crippen molar-refractivity contribution in [2.45, 2.75) is 38.0 Å². The molecule has 0 aliphatic heterocycles. The van der Waals surface area contributed by atoms with Gasteiger partial charge in [0.2, 0.25) is 0 Å². The molecule has 2 aliphatic rings. The molecule has 2 aliphatic carbocycles. The Morgan fingerprint density at radius 3 is 2.59 bits per heavy atom. The molecule has 1 spiro atoms. The molecule has 5 nitrogen and oxygen atoms in total. The number of nitrogens with zero attached hydrogens (tertiary/aromatic N) is 2. The van der Waals surface area contributed by atoms with E-state index in [4.69, 9.17) is 4.74 Å². The lowest BCUT2D eigenvalue weighted by atomic mass is 9.78. The third-order valence-electron chi connectivity index (χ3n) is 7.10. The van der Waals surface area contributed by atoms with Crippen LogP contribution in [0.15, 0.2) is 54.9 Å². The Kier molecular flexibility index (Phi) is 5.78. The number of hydrogen-bond acceptors (Lipinski definition) is 5. The van der Waals surface area contributed by atoms with Crippen LogP contribution in [0.4, 0.5) is 4.39 Å². The summed E-state index contributed by atoms with van der Waals surface area (Å²) in [7, 11) is 1.54. The number of benzene rings is 2. The molecule has 0 bridgehead atoms. The van der Waals surface area contributed by atoms with Gasteiger partial charge in [-0.1, -0.05) is 25.1 Å². The molecule has 34 heavy (non-hydrogen) atoms. The summed E-state index contributed by atoms with van der Waals surface area (Å²) in [5.74, 6) is 0.525. The molecule has 3 aromatic rings. The van der Waals surface area contributed by atoms with E-state index in [9.17, 15) is 14.3 Å². The van der Waals surface area contributed by atoms with Crippen LogP contribution in [-0.4, -0.2) is 34.6 Å². The number of rotatable bonds is 7. The number of carbonyl (C=O) groups is 1. The number of aliphatic hydroxyl groups is 1. The molecule has 1 unspecified atom stereocenters. The van der Waals surface area contributed by atoms with E-state index < -0.39 is 0 Å². The fraction of sp³-hybridized carbons (Fsp3) is 0.321. The van der Waals surface area contributed by atoms with Gasteiger partial charge in [0, 0.05) is 47.2 Å². The van der Waals surface area contributed by atoms with Crippen molar-refractivity contribution in [3.05, 3.63) is 83.2 Å². The number of hydrogen-bond donors (Lipinski definition) is 1. The molecule has 0 amide bonds. The predicted octanol–water partition coefficient (Wildman–Crippen LogP) is 5.36. The standard InChI is InChI=1S/C28H27FN2O3/c1-17(8-12-32)26(33)18-3-5-24-23(13-18)21(7-9-28(24)10-11-28)27-30-15-19(16-31-27)22-14-20(34-2)4-6-25(22)29/h3-7,13-17,32H,8-12H2,1-2H3. The Morgan fingerprint density at radius 2 is 1.91 bits per heavy atom. The van der Waals surface area contributed by atoms with Gasteiger partial charge < -0.3 is 9.84 Å². The molecule has 1 aromatic heterocycles. The van der Waals surface area contributed by atoms with Gasteiger partial charge in [0.25, 0.3) is 0 Å². The number of aliphatic hydroxyl groups excluding tert-OH is 1. The molecule has 1 N–H and O–H groups in total. The predicted molar refractivity (Wildman–Crippen MR) is 128 cm³/mol. The number of methoxy groups -OCH3 is 1. The molecule has 5 rings (SSSR count). The summed E-state index contributed by atoms with van der Waals surface area (Å²) in [6.45, 7) is 1.83. The zero-order valence-electron chi connectivity index (χ0n) is 19.3. The first-order chi connectivity index (χ1) is 16.5. The van der Waals surface area contributed by atoms with Crippen LogP contribution in [-0.2, 0) is 5.41 Å². The molecule has 0 radical (unpaired) electrons. The zero-order valence-corrected chi connectivity index (χ0v) is 19.3. The number of fused-ring (bicyclic) bond motifs is 2. The Balaban J connectivity index is 1.51. The third-order valence-corrected chi connectivity index (χ3v) is 7.10. The summed E-state index contributed by atoms with van der Waals surface area (Å²) in [6, 6.07) is 10.5. The van der Waals surface area contributed by atoms with Crippen molar-refractivity contribution >= 4 is 11.4 Å². The summed E-state index contributed by atoms with van der Waals surface area (Å²) in [5.41, 5.74) is 4.87. The Morgan fingerprint density at radius 1 is 1.15 bits per heavy atom. The number of aromatic nitrogens is 2. The van der Waals surface area contributed by atoms with Crippen molar-refractivity contribution in [2.75, 3.05) is 13.7 Å². The zero-order chi connectivity index (χ0) is 23.9. The Hall–Kier alpha value is -3.38. The van der Waals surface area contributed by atoms with E-state index in [1.165, 1.54) is 11.6 Å². The quantitative estimate of drug-likeness (QED) is 0.483. The smallest absolute Gasteiger partial charge is 0.165 e. The summed E-state index contributed by atoms with van der Waals surface area (Å²) < 4.78 is 19.6. The highest BCUT2D eigenvalue weighted by Crippen LogP contribution is 2.56. The lowest BCUT2D eigenvalue weighted by Crippen LogP contribution is -2.18. The highest BCUT2D eigenvalue weighted by molar-refractivity contribution is 5.99. The van der Waals surface area contributed by atoms with Gasteiger partial charge in [0.1, 0.15) is 11.6 Å². The SMILES string of the molecule is COc1ccc(F)c(-c2cnc(C3=CCC4(CC4)c4ccc(C(=O)C(C)CCO)cc43)nc2)c1. The van der Waals surface area contributed by atoms with E-state index in [1.807, 2.05) is 19.1 Å². The molecule has 6 heteroatoms. The third kappa shape index (κ3) is 3.92. The molecule has 1 saturated carbocycles. The Bertz CT molecular complexity index is 1280. The average Bonchev–Trinajstić information content (AvgIpc) is 3.64. The molecule has 1 fully saturated rings. The van der Waals surface area contributed by atoms with E-state index in [0.717, 1.165) is 30.4 Å². The van der Waals surface area contributed by atoms with E-state index >= 15 is 0 Å². The minimum Gasteiger partial charge on any atom is -0.497 e. The van der Waals surface area contributed by atoms with Crippen molar-refractivity contribution in [2.24, 2.45) is 5.92 Å². The number of ketones is 1. The number of Topliss-reactive ketones (excluding diaryl/α,β-unsaturated/α-hetero) is 1. The molecule has 0 saturated heterocycles. The molecule has 1 heterocycles. The first-order valence-electron chi connectivity index (χ1n) is 11.6. The Labute approximate surface area is 198 Å².